The smallest absolute Gasteiger partial charge is 0.143 e. The standard InChI is InChI=1S/C80H50N2O3/c1-5-19-51(20-6-1)55-41-56(52-21-7-2-8-22-52)44-63(43-55)81(60-35-39-76-72(48-60)66-28-15-17-31-74(66)83-76)59-33-37-69-71(47-59)65-27-13-14-30-68(65)79-70-38-34-62(50-78(70)85-80(69)79)82(61-36-40-77-73(49-61)67-29-16-18-32-75(67)84-77)64-45-57(53-23-9-3-10-24-53)42-58(46-64)54-25-11-4-12-26-54/h1-50H. The summed E-state index contributed by atoms with van der Waals surface area (Å²) in [6.07, 6.45) is 0. The fourth-order valence-corrected chi connectivity index (χ4v) is 13.0. The Bertz CT molecular complexity index is 5320. The molecule has 0 N–H and O–H groups in total. The first kappa shape index (κ1) is 48.3. The van der Waals surface area contributed by atoms with Crippen molar-refractivity contribution in [2.24, 2.45) is 0 Å². The summed E-state index contributed by atoms with van der Waals surface area (Å²) in [5.74, 6) is 0. The van der Waals surface area contributed by atoms with Crippen molar-refractivity contribution < 1.29 is 13.3 Å². The number of hydrogen-bond acceptors (Lipinski definition) is 5. The quantitative estimate of drug-likeness (QED) is 0.128. The van der Waals surface area contributed by atoms with Crippen molar-refractivity contribution in [3.05, 3.63) is 303 Å². The molecular formula is C80H50N2O3. The molecule has 0 atom stereocenters. The van der Waals surface area contributed by atoms with Crippen LogP contribution in [0, 0.1) is 0 Å². The molecule has 85 heavy (non-hydrogen) atoms. The molecule has 14 aromatic carbocycles. The lowest BCUT2D eigenvalue weighted by atomic mass is 9.95. The van der Waals surface area contributed by atoms with E-state index in [1.54, 1.807) is 0 Å². The van der Waals surface area contributed by atoms with Gasteiger partial charge in [0.1, 0.15) is 33.5 Å². The first-order valence-corrected chi connectivity index (χ1v) is 28.9. The van der Waals surface area contributed by atoms with Crippen molar-refractivity contribution in [1.29, 1.82) is 0 Å². The lowest BCUT2D eigenvalue weighted by Crippen LogP contribution is -2.10. The van der Waals surface area contributed by atoms with E-state index >= 15 is 0 Å². The average Bonchev–Trinajstić information content (AvgIpc) is 2.08. The first-order valence-electron chi connectivity index (χ1n) is 28.9. The van der Waals surface area contributed by atoms with Crippen LogP contribution >= 0.6 is 0 Å². The molecule has 0 spiro atoms. The number of furan rings is 3. The van der Waals surface area contributed by atoms with Gasteiger partial charge in [-0.3, -0.25) is 0 Å². The van der Waals surface area contributed by atoms with Crippen LogP contribution in [0.5, 0.6) is 0 Å². The highest BCUT2D eigenvalue weighted by molar-refractivity contribution is 6.31. The van der Waals surface area contributed by atoms with E-state index in [-0.39, 0.29) is 0 Å². The van der Waals surface area contributed by atoms with E-state index in [4.69, 9.17) is 13.3 Å². The predicted octanol–water partition coefficient (Wildman–Crippen LogP) is 23.3. The minimum atomic E-state index is 0.796. The monoisotopic (exact) mass is 1090 g/mol. The third kappa shape index (κ3) is 8.24. The lowest BCUT2D eigenvalue weighted by Gasteiger charge is -2.27. The largest absolute Gasteiger partial charge is 0.456 e. The number of nitrogens with zero attached hydrogens (tertiary/aromatic N) is 2. The van der Waals surface area contributed by atoms with Gasteiger partial charge in [-0.2, -0.15) is 0 Å². The average molecular weight is 1090 g/mol. The van der Waals surface area contributed by atoms with Crippen LogP contribution in [0.15, 0.2) is 317 Å². The molecule has 0 unspecified atom stereocenters. The Morgan fingerprint density at radius 2 is 0.529 bits per heavy atom. The van der Waals surface area contributed by atoms with Crippen LogP contribution in [-0.2, 0) is 0 Å². The summed E-state index contributed by atoms with van der Waals surface area (Å²) in [4.78, 5) is 4.77. The van der Waals surface area contributed by atoms with Crippen LogP contribution in [0.2, 0.25) is 0 Å². The normalized spacial score (nSPS) is 11.8. The minimum Gasteiger partial charge on any atom is -0.456 e. The first-order chi connectivity index (χ1) is 42.1. The number of benzene rings is 14. The van der Waals surface area contributed by atoms with E-state index in [1.807, 2.05) is 24.3 Å². The van der Waals surface area contributed by atoms with Gasteiger partial charge in [0.15, 0.2) is 0 Å². The van der Waals surface area contributed by atoms with Crippen LogP contribution in [0.25, 0.3) is 132 Å². The summed E-state index contributed by atoms with van der Waals surface area (Å²) in [5, 5.41) is 10.8. The van der Waals surface area contributed by atoms with Crippen molar-refractivity contribution >= 4 is 121 Å². The zero-order chi connectivity index (χ0) is 56.0. The van der Waals surface area contributed by atoms with Crippen LogP contribution in [0.3, 0.4) is 0 Å². The van der Waals surface area contributed by atoms with Crippen molar-refractivity contribution in [2.45, 2.75) is 0 Å². The van der Waals surface area contributed by atoms with Crippen LogP contribution < -0.4 is 9.80 Å². The minimum absolute atomic E-state index is 0.796. The molecule has 0 aliphatic heterocycles. The molecule has 0 bridgehead atoms. The van der Waals surface area contributed by atoms with Crippen LogP contribution in [0.4, 0.5) is 34.1 Å². The molecule has 5 heteroatoms. The molecular weight excluding hydrogens is 1040 g/mol. The van der Waals surface area contributed by atoms with Crippen molar-refractivity contribution in [2.75, 3.05) is 9.80 Å². The SMILES string of the molecule is c1ccc(-c2cc(-c3ccccc3)cc(N(c3ccc4c(c3)oc3c5ccc(N(c6cc(-c7ccccc7)cc(-c7ccccc7)c6)c6ccc7oc8ccccc8c7c6)cc5c5ccccc5c43)c3ccc4oc5ccccc5c4c3)c2)cc1. The maximum Gasteiger partial charge on any atom is 0.143 e. The second-order valence-electron chi connectivity index (χ2n) is 22.0. The number of rotatable bonds is 10. The molecule has 3 aromatic heterocycles. The van der Waals surface area contributed by atoms with Gasteiger partial charge in [-0.25, -0.2) is 0 Å². The molecule has 0 radical (unpaired) electrons. The molecule has 0 aliphatic rings. The summed E-state index contributed by atoms with van der Waals surface area (Å²) < 4.78 is 20.2. The third-order valence-corrected chi connectivity index (χ3v) is 16.9. The zero-order valence-electron chi connectivity index (χ0n) is 46.0. The number of hydrogen-bond donors (Lipinski definition) is 0. The second kappa shape index (κ2) is 19.7. The van der Waals surface area contributed by atoms with E-state index in [2.05, 4.69) is 289 Å². The highest BCUT2D eigenvalue weighted by Crippen LogP contribution is 2.49. The molecule has 0 aliphatic carbocycles. The number of anilines is 6. The van der Waals surface area contributed by atoms with E-state index in [9.17, 15) is 0 Å². The maximum absolute atomic E-state index is 7.35. The molecule has 398 valence electrons. The Morgan fingerprint density at radius 1 is 0.176 bits per heavy atom. The summed E-state index contributed by atoms with van der Waals surface area (Å²) in [6.45, 7) is 0. The Balaban J connectivity index is 0.878. The Kier molecular flexibility index (Phi) is 11.2. The molecule has 3 heterocycles. The summed E-state index contributed by atoms with van der Waals surface area (Å²) >= 11 is 0. The van der Waals surface area contributed by atoms with E-state index in [1.165, 1.54) is 0 Å². The number of para-hydroxylation sites is 2. The molecule has 0 amide bonds. The highest BCUT2D eigenvalue weighted by atomic mass is 16.3. The topological polar surface area (TPSA) is 45.9 Å². The van der Waals surface area contributed by atoms with Gasteiger partial charge in [0.2, 0.25) is 0 Å². The summed E-state index contributed by atoms with van der Waals surface area (Å²) in [5.41, 5.74) is 20.1. The van der Waals surface area contributed by atoms with Crippen LogP contribution in [-0.4, -0.2) is 0 Å². The van der Waals surface area contributed by atoms with E-state index in [0.717, 1.165) is 166 Å². The molecule has 0 fully saturated rings. The Hall–Kier alpha value is -11.4. The predicted molar refractivity (Wildman–Crippen MR) is 354 cm³/mol. The Morgan fingerprint density at radius 3 is 0.988 bits per heavy atom. The van der Waals surface area contributed by atoms with Gasteiger partial charge in [-0.1, -0.05) is 182 Å². The molecule has 17 aromatic rings. The Labute approximate surface area is 489 Å². The highest BCUT2D eigenvalue weighted by Gasteiger charge is 2.24. The van der Waals surface area contributed by atoms with Crippen molar-refractivity contribution in [3.8, 4) is 44.5 Å². The third-order valence-electron chi connectivity index (χ3n) is 16.9. The summed E-state index contributed by atoms with van der Waals surface area (Å²) in [6, 6.07) is 109. The molecule has 0 saturated heterocycles. The van der Waals surface area contributed by atoms with Gasteiger partial charge in [0, 0.05) is 77.9 Å². The van der Waals surface area contributed by atoms with E-state index < -0.39 is 0 Å². The molecule has 17 rings (SSSR count). The van der Waals surface area contributed by atoms with Gasteiger partial charge in [-0.15, -0.1) is 0 Å². The van der Waals surface area contributed by atoms with Gasteiger partial charge >= 0.3 is 0 Å². The van der Waals surface area contributed by atoms with Gasteiger partial charge < -0.3 is 23.1 Å². The van der Waals surface area contributed by atoms with Crippen LogP contribution in [0.1, 0.15) is 0 Å². The maximum atomic E-state index is 7.35. The molecule has 0 saturated carbocycles. The van der Waals surface area contributed by atoms with Gasteiger partial charge in [-0.05, 0) is 176 Å². The van der Waals surface area contributed by atoms with Gasteiger partial charge in [0.25, 0.3) is 0 Å². The number of fused-ring (bicyclic) bond motifs is 14. The fraction of sp³-hybridized carbons (Fsp3) is 0. The lowest BCUT2D eigenvalue weighted by molar-refractivity contribution is 0.668. The fourth-order valence-electron chi connectivity index (χ4n) is 13.0. The van der Waals surface area contributed by atoms with Crippen molar-refractivity contribution in [1.82, 2.24) is 0 Å². The molecule has 5 nitrogen and oxygen atoms in total. The second-order valence-corrected chi connectivity index (χ2v) is 22.0. The summed E-state index contributed by atoms with van der Waals surface area (Å²) in [7, 11) is 0. The van der Waals surface area contributed by atoms with Crippen molar-refractivity contribution in [3.63, 3.8) is 0 Å². The van der Waals surface area contributed by atoms with Gasteiger partial charge in [0.05, 0.1) is 0 Å². The van der Waals surface area contributed by atoms with E-state index in [0.29, 0.717) is 0 Å². The zero-order valence-corrected chi connectivity index (χ0v) is 46.0.